The molecule has 0 heterocycles. The molecular formula is C15H26N2O. The molecule has 0 aliphatic rings. The molecule has 0 saturated carbocycles. The molecule has 0 spiro atoms. The summed E-state index contributed by atoms with van der Waals surface area (Å²) in [5.41, 5.74) is 1.33. The zero-order valence-electron chi connectivity index (χ0n) is 12.0. The van der Waals surface area contributed by atoms with Gasteiger partial charge in [0.2, 0.25) is 0 Å². The molecule has 0 aromatic heterocycles. The highest BCUT2D eigenvalue weighted by atomic mass is 16.5. The van der Waals surface area contributed by atoms with E-state index in [1.54, 1.807) is 7.11 Å². The van der Waals surface area contributed by atoms with Crippen LogP contribution in [0.1, 0.15) is 24.9 Å². The van der Waals surface area contributed by atoms with Crippen molar-refractivity contribution < 1.29 is 4.74 Å². The monoisotopic (exact) mass is 250 g/mol. The van der Waals surface area contributed by atoms with E-state index in [9.17, 15) is 0 Å². The number of methoxy groups -OCH3 is 1. The first-order chi connectivity index (χ1) is 8.67. The molecule has 2 unspecified atom stereocenters. The molecule has 3 heteroatoms. The van der Waals surface area contributed by atoms with Gasteiger partial charge >= 0.3 is 0 Å². The summed E-state index contributed by atoms with van der Waals surface area (Å²) in [6, 6.07) is 11.4. The van der Waals surface area contributed by atoms with E-state index in [0.717, 1.165) is 19.6 Å². The van der Waals surface area contributed by atoms with Crippen LogP contribution in [0.5, 0.6) is 0 Å². The Kier molecular flexibility index (Phi) is 6.94. The van der Waals surface area contributed by atoms with Gasteiger partial charge in [-0.3, -0.25) is 0 Å². The molecule has 102 valence electrons. The van der Waals surface area contributed by atoms with E-state index in [4.69, 9.17) is 4.74 Å². The number of benzene rings is 1. The van der Waals surface area contributed by atoms with Gasteiger partial charge in [-0.2, -0.15) is 0 Å². The molecule has 1 N–H and O–H groups in total. The molecule has 0 aliphatic heterocycles. The number of nitrogens with one attached hydrogen (secondary N) is 1. The number of rotatable bonds is 8. The molecule has 18 heavy (non-hydrogen) atoms. The van der Waals surface area contributed by atoms with Gasteiger partial charge in [0.1, 0.15) is 0 Å². The van der Waals surface area contributed by atoms with Crippen LogP contribution in [0.2, 0.25) is 0 Å². The fourth-order valence-electron chi connectivity index (χ4n) is 2.07. The minimum absolute atomic E-state index is 0.348. The van der Waals surface area contributed by atoms with Crippen molar-refractivity contribution in [3.63, 3.8) is 0 Å². The fraction of sp³-hybridized carbons (Fsp3) is 0.600. The van der Waals surface area contributed by atoms with E-state index in [1.165, 1.54) is 5.56 Å². The Morgan fingerprint density at radius 1 is 1.22 bits per heavy atom. The first-order valence-corrected chi connectivity index (χ1v) is 6.62. The van der Waals surface area contributed by atoms with Gasteiger partial charge < -0.3 is 15.0 Å². The van der Waals surface area contributed by atoms with Crippen LogP contribution in [-0.4, -0.2) is 45.3 Å². The van der Waals surface area contributed by atoms with Crippen LogP contribution in [-0.2, 0) is 4.74 Å². The molecule has 1 rings (SSSR count). The van der Waals surface area contributed by atoms with Crippen LogP contribution in [0.15, 0.2) is 30.3 Å². The molecule has 2 atom stereocenters. The van der Waals surface area contributed by atoms with Crippen molar-refractivity contribution in [2.24, 2.45) is 0 Å². The van der Waals surface area contributed by atoms with Gasteiger partial charge in [-0.1, -0.05) is 37.3 Å². The highest BCUT2D eigenvalue weighted by Crippen LogP contribution is 2.15. The fourth-order valence-corrected chi connectivity index (χ4v) is 2.07. The summed E-state index contributed by atoms with van der Waals surface area (Å²) in [7, 11) is 5.97. The molecule has 0 radical (unpaired) electrons. The summed E-state index contributed by atoms with van der Waals surface area (Å²) in [6.45, 7) is 3.94. The maximum absolute atomic E-state index is 5.26. The SMILES string of the molecule is CCC(COC)NC(CN(C)C)c1ccccc1. The maximum Gasteiger partial charge on any atom is 0.0615 e. The predicted molar refractivity (Wildman–Crippen MR) is 76.8 cm³/mol. The molecule has 1 aromatic carbocycles. The van der Waals surface area contributed by atoms with Gasteiger partial charge in [-0.25, -0.2) is 0 Å². The summed E-state index contributed by atoms with van der Waals surface area (Å²) in [4.78, 5) is 2.21. The van der Waals surface area contributed by atoms with Gasteiger partial charge in [0.25, 0.3) is 0 Å². The third-order valence-corrected chi connectivity index (χ3v) is 3.05. The van der Waals surface area contributed by atoms with Crippen molar-refractivity contribution in [2.45, 2.75) is 25.4 Å². The Hall–Kier alpha value is -0.900. The van der Waals surface area contributed by atoms with Crippen LogP contribution in [0.25, 0.3) is 0 Å². The predicted octanol–water partition coefficient (Wildman–Crippen LogP) is 2.30. The van der Waals surface area contributed by atoms with E-state index >= 15 is 0 Å². The average molecular weight is 250 g/mol. The average Bonchev–Trinajstić information content (AvgIpc) is 2.37. The smallest absolute Gasteiger partial charge is 0.0615 e. The van der Waals surface area contributed by atoms with Crippen LogP contribution in [0.4, 0.5) is 0 Å². The highest BCUT2D eigenvalue weighted by Gasteiger charge is 2.16. The number of likely N-dealkylation sites (N-methyl/N-ethyl adjacent to an activating group) is 1. The highest BCUT2D eigenvalue weighted by molar-refractivity contribution is 5.19. The van der Waals surface area contributed by atoms with Crippen LogP contribution in [0, 0.1) is 0 Å². The molecule has 1 aromatic rings. The van der Waals surface area contributed by atoms with Gasteiger partial charge in [-0.15, -0.1) is 0 Å². The first kappa shape index (κ1) is 15.2. The lowest BCUT2D eigenvalue weighted by Crippen LogP contribution is -2.40. The second-order valence-corrected chi connectivity index (χ2v) is 4.95. The Morgan fingerprint density at radius 3 is 2.39 bits per heavy atom. The molecule has 0 fully saturated rings. The lowest BCUT2D eigenvalue weighted by molar-refractivity contribution is 0.154. The van der Waals surface area contributed by atoms with Gasteiger partial charge in [0.15, 0.2) is 0 Å². The maximum atomic E-state index is 5.26. The van der Waals surface area contributed by atoms with E-state index in [-0.39, 0.29) is 0 Å². The Bertz CT molecular complexity index is 314. The van der Waals surface area contributed by atoms with E-state index in [1.807, 2.05) is 0 Å². The lowest BCUT2D eigenvalue weighted by atomic mass is 10.0. The topological polar surface area (TPSA) is 24.5 Å². The summed E-state index contributed by atoms with van der Waals surface area (Å²) in [5, 5.41) is 3.69. The molecule has 0 aliphatic carbocycles. The molecule has 0 bridgehead atoms. The van der Waals surface area contributed by atoms with Gasteiger partial charge in [0.05, 0.1) is 6.61 Å². The molecular weight excluding hydrogens is 224 g/mol. The largest absolute Gasteiger partial charge is 0.383 e. The minimum atomic E-state index is 0.348. The lowest BCUT2D eigenvalue weighted by Gasteiger charge is -2.27. The minimum Gasteiger partial charge on any atom is -0.383 e. The molecule has 0 amide bonds. The normalized spacial score (nSPS) is 14.7. The first-order valence-electron chi connectivity index (χ1n) is 6.62. The van der Waals surface area contributed by atoms with Gasteiger partial charge in [0, 0.05) is 25.7 Å². The molecule has 0 saturated heterocycles. The van der Waals surface area contributed by atoms with Crippen molar-refractivity contribution in [1.29, 1.82) is 0 Å². The van der Waals surface area contributed by atoms with Crippen molar-refractivity contribution >= 4 is 0 Å². The number of hydrogen-bond donors (Lipinski definition) is 1. The standard InChI is InChI=1S/C15H26N2O/c1-5-14(12-18-4)16-15(11-17(2)3)13-9-7-6-8-10-13/h6-10,14-16H,5,11-12H2,1-4H3. The number of hydrogen-bond acceptors (Lipinski definition) is 3. The van der Waals surface area contributed by atoms with Crippen LogP contribution in [0.3, 0.4) is 0 Å². The summed E-state index contributed by atoms with van der Waals surface area (Å²) < 4.78 is 5.26. The third-order valence-electron chi connectivity index (χ3n) is 3.05. The van der Waals surface area contributed by atoms with E-state index in [2.05, 4.69) is 61.6 Å². The second kappa shape index (κ2) is 8.25. The Balaban J connectivity index is 2.72. The second-order valence-electron chi connectivity index (χ2n) is 4.95. The van der Waals surface area contributed by atoms with Crippen molar-refractivity contribution in [3.8, 4) is 0 Å². The molecule has 3 nitrogen and oxygen atoms in total. The Morgan fingerprint density at radius 2 is 1.89 bits per heavy atom. The zero-order valence-corrected chi connectivity index (χ0v) is 12.0. The quantitative estimate of drug-likeness (QED) is 0.766. The number of ether oxygens (including phenoxy) is 1. The van der Waals surface area contributed by atoms with Gasteiger partial charge in [-0.05, 0) is 26.1 Å². The summed E-state index contributed by atoms with van der Waals surface area (Å²) >= 11 is 0. The Labute approximate surface area is 111 Å². The van der Waals surface area contributed by atoms with E-state index < -0.39 is 0 Å². The summed E-state index contributed by atoms with van der Waals surface area (Å²) in [5.74, 6) is 0. The summed E-state index contributed by atoms with van der Waals surface area (Å²) in [6.07, 6.45) is 1.07. The van der Waals surface area contributed by atoms with Crippen LogP contribution < -0.4 is 5.32 Å². The van der Waals surface area contributed by atoms with Crippen molar-refractivity contribution in [3.05, 3.63) is 35.9 Å². The van der Waals surface area contributed by atoms with Crippen LogP contribution >= 0.6 is 0 Å². The van der Waals surface area contributed by atoms with E-state index in [0.29, 0.717) is 12.1 Å². The third kappa shape index (κ3) is 5.17. The number of nitrogens with zero attached hydrogens (tertiary/aromatic N) is 1. The zero-order chi connectivity index (χ0) is 13.4. The van der Waals surface area contributed by atoms with Crippen molar-refractivity contribution in [2.75, 3.05) is 34.4 Å². The van der Waals surface area contributed by atoms with Crippen molar-refractivity contribution in [1.82, 2.24) is 10.2 Å².